The van der Waals surface area contributed by atoms with Crippen LogP contribution in [0.25, 0.3) is 0 Å². The van der Waals surface area contributed by atoms with E-state index in [4.69, 9.17) is 5.11 Å². The number of hydrogen-bond acceptors (Lipinski definition) is 2. The average Bonchev–Trinajstić information content (AvgIpc) is 2.39. The number of carboxylic acid groups (broad SMARTS) is 1. The first-order chi connectivity index (χ1) is 9.27. The second-order valence-electron chi connectivity index (χ2n) is 5.34. The molecule has 1 N–H and O–H groups in total. The summed E-state index contributed by atoms with van der Waals surface area (Å²) in [5, 5.41) is 8.49. The van der Waals surface area contributed by atoms with Crippen molar-refractivity contribution in [2.75, 3.05) is 0 Å². The second kappa shape index (κ2) is 15.2. The molecule has 0 bridgehead atoms. The van der Waals surface area contributed by atoms with Crippen molar-refractivity contribution < 1.29 is 14.7 Å². The number of unbranched alkanes of at least 4 members (excludes halogenated alkanes) is 12. The summed E-state index contributed by atoms with van der Waals surface area (Å²) in [5.74, 6) is -0.673. The molecule has 112 valence electrons. The van der Waals surface area contributed by atoms with Crippen molar-refractivity contribution >= 4 is 12.3 Å². The minimum Gasteiger partial charge on any atom is -0.481 e. The molecule has 0 spiro atoms. The van der Waals surface area contributed by atoms with E-state index in [-0.39, 0.29) is 0 Å². The molecule has 0 saturated heterocycles. The van der Waals surface area contributed by atoms with Crippen molar-refractivity contribution in [2.45, 2.75) is 89.9 Å². The summed E-state index contributed by atoms with van der Waals surface area (Å²) in [4.78, 5) is 20.4. The summed E-state index contributed by atoms with van der Waals surface area (Å²) >= 11 is 0. The summed E-state index contributed by atoms with van der Waals surface area (Å²) in [6, 6.07) is 0. The highest BCUT2D eigenvalue weighted by Crippen LogP contribution is 2.12. The van der Waals surface area contributed by atoms with Gasteiger partial charge >= 0.3 is 5.97 Å². The van der Waals surface area contributed by atoms with Gasteiger partial charge in [0.05, 0.1) is 0 Å². The fourth-order valence-corrected chi connectivity index (χ4v) is 2.27. The second-order valence-corrected chi connectivity index (χ2v) is 5.34. The lowest BCUT2D eigenvalue weighted by atomic mass is 10.0. The van der Waals surface area contributed by atoms with Gasteiger partial charge in [0.15, 0.2) is 0 Å². The van der Waals surface area contributed by atoms with Gasteiger partial charge in [-0.2, -0.15) is 0 Å². The number of carbonyl (C=O) groups excluding carboxylic acids is 1. The maximum absolute atomic E-state index is 10.3. The molecule has 0 amide bonds. The molecule has 19 heavy (non-hydrogen) atoms. The van der Waals surface area contributed by atoms with Gasteiger partial charge in [-0.15, -0.1) is 0 Å². The molecule has 0 aromatic rings. The molecule has 0 aliphatic heterocycles. The van der Waals surface area contributed by atoms with E-state index in [0.717, 1.165) is 32.0 Å². The fraction of sp³-hybridized carbons (Fsp3) is 0.875. The van der Waals surface area contributed by atoms with E-state index in [1.54, 1.807) is 0 Å². The van der Waals surface area contributed by atoms with Crippen molar-refractivity contribution in [2.24, 2.45) is 0 Å². The van der Waals surface area contributed by atoms with E-state index in [2.05, 4.69) is 0 Å². The SMILES string of the molecule is O=CCCCCCCCCCCCCCCC(=O)O. The summed E-state index contributed by atoms with van der Waals surface area (Å²) in [6.07, 6.45) is 16.4. The van der Waals surface area contributed by atoms with Gasteiger partial charge in [-0.3, -0.25) is 4.79 Å². The summed E-state index contributed by atoms with van der Waals surface area (Å²) in [6.45, 7) is 0. The van der Waals surface area contributed by atoms with Gasteiger partial charge in [0.25, 0.3) is 0 Å². The highest BCUT2D eigenvalue weighted by molar-refractivity contribution is 5.66. The lowest BCUT2D eigenvalue weighted by Gasteiger charge is -2.02. The molecule has 0 aliphatic carbocycles. The zero-order chi connectivity index (χ0) is 14.2. The normalized spacial score (nSPS) is 10.5. The monoisotopic (exact) mass is 270 g/mol. The molecule has 0 aromatic carbocycles. The first-order valence-corrected chi connectivity index (χ1v) is 7.93. The third-order valence-electron chi connectivity index (χ3n) is 3.46. The zero-order valence-electron chi connectivity index (χ0n) is 12.2. The van der Waals surface area contributed by atoms with Gasteiger partial charge < -0.3 is 9.90 Å². The van der Waals surface area contributed by atoms with E-state index in [0.29, 0.717) is 6.42 Å². The molecule has 0 aromatic heterocycles. The maximum Gasteiger partial charge on any atom is 0.303 e. The van der Waals surface area contributed by atoms with Crippen molar-refractivity contribution in [3.63, 3.8) is 0 Å². The van der Waals surface area contributed by atoms with Gasteiger partial charge in [-0.1, -0.05) is 64.2 Å². The van der Waals surface area contributed by atoms with Gasteiger partial charge in [0, 0.05) is 12.8 Å². The summed E-state index contributed by atoms with van der Waals surface area (Å²) in [7, 11) is 0. The smallest absolute Gasteiger partial charge is 0.303 e. The molecule has 0 heterocycles. The zero-order valence-corrected chi connectivity index (χ0v) is 12.2. The standard InChI is InChI=1S/C16H30O3/c17-15-13-11-9-7-5-3-1-2-4-6-8-10-12-14-16(18)19/h15H,1-14H2,(H,18,19). The predicted octanol–water partition coefficient (Wildman–Crippen LogP) is 4.73. The quantitative estimate of drug-likeness (QED) is 0.345. The van der Waals surface area contributed by atoms with Crippen molar-refractivity contribution in [1.82, 2.24) is 0 Å². The van der Waals surface area contributed by atoms with Crippen molar-refractivity contribution in [3.8, 4) is 0 Å². The van der Waals surface area contributed by atoms with Crippen LogP contribution in [0.5, 0.6) is 0 Å². The molecule has 3 heteroatoms. The number of hydrogen-bond donors (Lipinski definition) is 1. The van der Waals surface area contributed by atoms with Crippen LogP contribution in [0.15, 0.2) is 0 Å². The van der Waals surface area contributed by atoms with E-state index in [9.17, 15) is 9.59 Å². The molecule has 0 unspecified atom stereocenters. The highest BCUT2D eigenvalue weighted by atomic mass is 16.4. The Bertz CT molecular complexity index is 214. The lowest BCUT2D eigenvalue weighted by molar-refractivity contribution is -0.137. The molecule has 0 aliphatic rings. The van der Waals surface area contributed by atoms with Gasteiger partial charge in [-0.25, -0.2) is 0 Å². The Morgan fingerprint density at radius 3 is 1.42 bits per heavy atom. The van der Waals surface area contributed by atoms with Crippen LogP contribution in [-0.2, 0) is 9.59 Å². The molecule has 0 radical (unpaired) electrons. The van der Waals surface area contributed by atoms with Crippen molar-refractivity contribution in [3.05, 3.63) is 0 Å². The number of carboxylic acids is 1. The number of aliphatic carboxylic acids is 1. The number of aldehydes is 1. The van der Waals surface area contributed by atoms with Crippen LogP contribution in [-0.4, -0.2) is 17.4 Å². The van der Waals surface area contributed by atoms with Crippen LogP contribution in [0.4, 0.5) is 0 Å². The third kappa shape index (κ3) is 17.1. The van der Waals surface area contributed by atoms with Gasteiger partial charge in [-0.05, 0) is 12.8 Å². The molecule has 0 fully saturated rings. The highest BCUT2D eigenvalue weighted by Gasteiger charge is 1.96. The van der Waals surface area contributed by atoms with E-state index in [1.807, 2.05) is 0 Å². The topological polar surface area (TPSA) is 54.4 Å². The Morgan fingerprint density at radius 2 is 1.05 bits per heavy atom. The molecular formula is C16H30O3. The Kier molecular flexibility index (Phi) is 14.5. The molecule has 0 rings (SSSR count). The van der Waals surface area contributed by atoms with E-state index < -0.39 is 5.97 Å². The van der Waals surface area contributed by atoms with E-state index >= 15 is 0 Å². The largest absolute Gasteiger partial charge is 0.481 e. The van der Waals surface area contributed by atoms with Gasteiger partial charge in [0.1, 0.15) is 6.29 Å². The molecule has 0 atom stereocenters. The minimum atomic E-state index is -0.673. The van der Waals surface area contributed by atoms with Crippen LogP contribution in [0, 0.1) is 0 Å². The van der Waals surface area contributed by atoms with Crippen LogP contribution >= 0.6 is 0 Å². The van der Waals surface area contributed by atoms with Crippen LogP contribution in [0.1, 0.15) is 89.9 Å². The summed E-state index contributed by atoms with van der Waals surface area (Å²) < 4.78 is 0. The maximum atomic E-state index is 10.3. The fourth-order valence-electron chi connectivity index (χ4n) is 2.27. The first-order valence-electron chi connectivity index (χ1n) is 7.93. The summed E-state index contributed by atoms with van der Waals surface area (Å²) in [5.41, 5.74) is 0. The minimum absolute atomic E-state index is 0.324. The van der Waals surface area contributed by atoms with E-state index in [1.165, 1.54) is 57.8 Å². The van der Waals surface area contributed by atoms with Crippen LogP contribution in [0.2, 0.25) is 0 Å². The Morgan fingerprint density at radius 1 is 0.684 bits per heavy atom. The predicted molar refractivity (Wildman–Crippen MR) is 78.3 cm³/mol. The van der Waals surface area contributed by atoms with Crippen LogP contribution in [0.3, 0.4) is 0 Å². The Hall–Kier alpha value is -0.860. The number of rotatable bonds is 15. The average molecular weight is 270 g/mol. The molecular weight excluding hydrogens is 240 g/mol. The molecule has 0 saturated carbocycles. The van der Waals surface area contributed by atoms with Crippen LogP contribution < -0.4 is 0 Å². The van der Waals surface area contributed by atoms with Gasteiger partial charge in [0.2, 0.25) is 0 Å². The first kappa shape index (κ1) is 18.1. The third-order valence-corrected chi connectivity index (χ3v) is 3.46. The Labute approximate surface area is 117 Å². The van der Waals surface area contributed by atoms with Crippen molar-refractivity contribution in [1.29, 1.82) is 0 Å². The lowest BCUT2D eigenvalue weighted by Crippen LogP contribution is -1.93. The molecule has 3 nitrogen and oxygen atoms in total. The Balaban J connectivity index is 2.95. The number of carbonyl (C=O) groups is 2.